The van der Waals surface area contributed by atoms with Crippen LogP contribution >= 0.6 is 11.3 Å². The van der Waals surface area contributed by atoms with Gasteiger partial charge in [0.2, 0.25) is 0 Å². The molecule has 10 nitrogen and oxygen atoms in total. The van der Waals surface area contributed by atoms with Crippen LogP contribution in [0.4, 0.5) is 5.69 Å². The molecule has 0 saturated heterocycles. The van der Waals surface area contributed by atoms with Crippen LogP contribution in [-0.2, 0) is 20.8 Å². The van der Waals surface area contributed by atoms with Gasteiger partial charge in [-0.15, -0.1) is 0 Å². The highest BCUT2D eigenvalue weighted by Gasteiger charge is 2.16. The highest BCUT2D eigenvalue weighted by atomic mass is 32.1. The molecule has 160 valence electrons. The minimum atomic E-state index is -0.707. The molecule has 0 radical (unpaired) electrons. The normalized spacial score (nSPS) is 11.4. The van der Waals surface area contributed by atoms with Gasteiger partial charge in [0.1, 0.15) is 6.54 Å². The Hall–Kier alpha value is -3.86. The van der Waals surface area contributed by atoms with Crippen molar-refractivity contribution >= 4 is 45.1 Å². The summed E-state index contributed by atoms with van der Waals surface area (Å²) in [6.45, 7) is 1.66. The molecular formula is C20H17N3O7S. The third-order valence-corrected chi connectivity index (χ3v) is 5.24. The summed E-state index contributed by atoms with van der Waals surface area (Å²) in [5.41, 5.74) is 0.663. The van der Waals surface area contributed by atoms with Crippen LogP contribution in [0.1, 0.15) is 27.6 Å². The van der Waals surface area contributed by atoms with Gasteiger partial charge in [0, 0.05) is 17.7 Å². The van der Waals surface area contributed by atoms with Crippen LogP contribution in [0.25, 0.3) is 10.2 Å². The van der Waals surface area contributed by atoms with Crippen molar-refractivity contribution in [3.8, 4) is 0 Å². The van der Waals surface area contributed by atoms with E-state index in [9.17, 15) is 24.5 Å². The molecule has 3 rings (SSSR count). The average Bonchev–Trinajstić information content (AvgIpc) is 3.09. The Morgan fingerprint density at radius 2 is 1.94 bits per heavy atom. The van der Waals surface area contributed by atoms with Gasteiger partial charge in [-0.2, -0.15) is 4.99 Å². The first-order valence-corrected chi connectivity index (χ1v) is 9.86. The number of nitro groups is 1. The lowest BCUT2D eigenvalue weighted by atomic mass is 10.2. The Kier molecular flexibility index (Phi) is 6.55. The summed E-state index contributed by atoms with van der Waals surface area (Å²) in [5.74, 6) is -1.76. The summed E-state index contributed by atoms with van der Waals surface area (Å²) in [7, 11) is 1.26. The van der Waals surface area contributed by atoms with Crippen molar-refractivity contribution in [1.29, 1.82) is 0 Å². The highest BCUT2D eigenvalue weighted by Crippen LogP contribution is 2.20. The first-order valence-electron chi connectivity index (χ1n) is 9.05. The van der Waals surface area contributed by atoms with Crippen LogP contribution in [0.3, 0.4) is 0 Å². The number of thiazole rings is 1. The van der Waals surface area contributed by atoms with E-state index >= 15 is 0 Å². The summed E-state index contributed by atoms with van der Waals surface area (Å²) in [6, 6.07) is 9.93. The number of carbonyl (C=O) groups excluding carboxylic acids is 3. The van der Waals surface area contributed by atoms with E-state index in [1.165, 1.54) is 35.9 Å². The van der Waals surface area contributed by atoms with E-state index in [-0.39, 0.29) is 29.2 Å². The van der Waals surface area contributed by atoms with Crippen LogP contribution in [0, 0.1) is 10.1 Å². The molecule has 1 heterocycles. The van der Waals surface area contributed by atoms with Gasteiger partial charge in [0.05, 0.1) is 34.4 Å². The van der Waals surface area contributed by atoms with Gasteiger partial charge in [-0.25, -0.2) is 4.79 Å². The molecule has 1 aromatic heterocycles. The van der Waals surface area contributed by atoms with E-state index in [0.29, 0.717) is 15.8 Å². The van der Waals surface area contributed by atoms with Gasteiger partial charge < -0.3 is 14.0 Å². The Morgan fingerprint density at radius 1 is 1.16 bits per heavy atom. The zero-order chi connectivity index (χ0) is 22.5. The van der Waals surface area contributed by atoms with E-state index in [2.05, 4.69) is 4.99 Å². The maximum Gasteiger partial charge on any atom is 0.337 e. The standard InChI is InChI=1S/C20H17N3O7S/c1-3-30-17(24)11-22-15-8-7-13(19(26)29-2)10-16(15)31-20(22)21-18(25)12-5-4-6-14(9-12)23(27)28/h4-10H,3,11H2,1-2H3. The number of methoxy groups -OCH3 is 1. The minimum Gasteiger partial charge on any atom is -0.465 e. The largest absolute Gasteiger partial charge is 0.465 e. The number of hydrogen-bond donors (Lipinski definition) is 0. The molecule has 0 aliphatic heterocycles. The molecule has 1 amide bonds. The lowest BCUT2D eigenvalue weighted by molar-refractivity contribution is -0.384. The van der Waals surface area contributed by atoms with Gasteiger partial charge in [-0.3, -0.25) is 19.7 Å². The molecule has 2 aromatic carbocycles. The summed E-state index contributed by atoms with van der Waals surface area (Å²) < 4.78 is 11.8. The van der Waals surface area contributed by atoms with Crippen LogP contribution in [0.2, 0.25) is 0 Å². The monoisotopic (exact) mass is 443 g/mol. The first kappa shape index (κ1) is 21.8. The van der Waals surface area contributed by atoms with E-state index in [1.54, 1.807) is 19.1 Å². The molecule has 0 aliphatic rings. The molecule has 0 spiro atoms. The van der Waals surface area contributed by atoms with Crippen molar-refractivity contribution < 1.29 is 28.8 Å². The maximum atomic E-state index is 12.7. The van der Waals surface area contributed by atoms with Crippen molar-refractivity contribution in [2.45, 2.75) is 13.5 Å². The van der Waals surface area contributed by atoms with Gasteiger partial charge in [-0.1, -0.05) is 17.4 Å². The van der Waals surface area contributed by atoms with Crippen LogP contribution < -0.4 is 4.80 Å². The van der Waals surface area contributed by atoms with Crippen LogP contribution in [0.5, 0.6) is 0 Å². The maximum absolute atomic E-state index is 12.7. The number of nitro benzene ring substituents is 1. The first-order chi connectivity index (χ1) is 14.8. The third kappa shape index (κ3) is 4.83. The number of fused-ring (bicyclic) bond motifs is 1. The Bertz CT molecular complexity index is 1260. The lowest BCUT2D eigenvalue weighted by Gasteiger charge is -2.05. The second-order valence-electron chi connectivity index (χ2n) is 6.17. The van der Waals surface area contributed by atoms with Crippen molar-refractivity contribution in [2.75, 3.05) is 13.7 Å². The summed E-state index contributed by atoms with van der Waals surface area (Å²) in [6.07, 6.45) is 0. The number of aromatic nitrogens is 1. The fourth-order valence-corrected chi connectivity index (χ4v) is 3.86. The van der Waals surface area contributed by atoms with Crippen molar-refractivity contribution in [2.24, 2.45) is 4.99 Å². The molecule has 31 heavy (non-hydrogen) atoms. The summed E-state index contributed by atoms with van der Waals surface area (Å²) in [5, 5.41) is 11.0. The molecule has 11 heteroatoms. The average molecular weight is 443 g/mol. The Balaban J connectivity index is 2.13. The lowest BCUT2D eigenvalue weighted by Crippen LogP contribution is -2.23. The number of carbonyl (C=O) groups is 3. The fraction of sp³-hybridized carbons (Fsp3) is 0.200. The summed E-state index contributed by atoms with van der Waals surface area (Å²) in [4.78, 5) is 51.2. The van der Waals surface area contributed by atoms with Gasteiger partial charge in [0.15, 0.2) is 4.80 Å². The van der Waals surface area contributed by atoms with Crippen molar-refractivity contribution in [3.05, 3.63) is 68.5 Å². The minimum absolute atomic E-state index is 0.0320. The molecule has 0 saturated carbocycles. The fourth-order valence-electron chi connectivity index (χ4n) is 2.80. The van der Waals surface area contributed by atoms with Crippen LogP contribution in [-0.4, -0.2) is 41.1 Å². The zero-order valence-corrected chi connectivity index (χ0v) is 17.4. The highest BCUT2D eigenvalue weighted by molar-refractivity contribution is 7.16. The molecule has 0 atom stereocenters. The topological polar surface area (TPSA) is 130 Å². The number of nitrogens with zero attached hydrogens (tertiary/aromatic N) is 3. The van der Waals surface area contributed by atoms with Crippen LogP contribution in [0.15, 0.2) is 47.5 Å². The SMILES string of the molecule is CCOC(=O)Cn1c(=NC(=O)c2cccc([N+](=O)[O-])c2)sc2cc(C(=O)OC)ccc21. The second kappa shape index (κ2) is 9.30. The molecule has 0 fully saturated rings. The number of benzene rings is 2. The number of ether oxygens (including phenoxy) is 2. The third-order valence-electron chi connectivity index (χ3n) is 4.20. The molecule has 0 bridgehead atoms. The number of amides is 1. The number of hydrogen-bond acceptors (Lipinski definition) is 8. The van der Waals surface area contributed by atoms with Gasteiger partial charge >= 0.3 is 11.9 Å². The van der Waals surface area contributed by atoms with Gasteiger partial charge in [-0.05, 0) is 31.2 Å². The Morgan fingerprint density at radius 3 is 2.61 bits per heavy atom. The number of non-ortho nitro benzene ring substituents is 1. The van der Waals surface area contributed by atoms with E-state index in [4.69, 9.17) is 9.47 Å². The molecule has 3 aromatic rings. The predicted octanol–water partition coefficient (Wildman–Crippen LogP) is 2.70. The quantitative estimate of drug-likeness (QED) is 0.325. The number of rotatable bonds is 6. The van der Waals surface area contributed by atoms with E-state index in [1.807, 2.05) is 0 Å². The number of esters is 2. The van der Waals surface area contributed by atoms with E-state index in [0.717, 1.165) is 17.4 Å². The van der Waals surface area contributed by atoms with Crippen molar-refractivity contribution in [3.63, 3.8) is 0 Å². The molecule has 0 unspecified atom stereocenters. The Labute approximate surface area is 179 Å². The second-order valence-corrected chi connectivity index (χ2v) is 7.18. The molecule has 0 N–H and O–H groups in total. The van der Waals surface area contributed by atoms with E-state index < -0.39 is 22.8 Å². The summed E-state index contributed by atoms with van der Waals surface area (Å²) >= 11 is 1.09. The van der Waals surface area contributed by atoms with Gasteiger partial charge in [0.25, 0.3) is 11.6 Å². The van der Waals surface area contributed by atoms with Crippen molar-refractivity contribution in [1.82, 2.24) is 4.57 Å². The predicted molar refractivity (Wildman–Crippen MR) is 111 cm³/mol. The zero-order valence-electron chi connectivity index (χ0n) is 16.6. The smallest absolute Gasteiger partial charge is 0.337 e. The molecular weight excluding hydrogens is 426 g/mol. The molecule has 0 aliphatic carbocycles.